The molecule has 36 heavy (non-hydrogen) atoms. The zero-order valence-corrected chi connectivity index (χ0v) is 22.1. The highest BCUT2D eigenvalue weighted by Crippen LogP contribution is 2.29. The molecule has 1 fully saturated rings. The summed E-state index contributed by atoms with van der Waals surface area (Å²) in [6, 6.07) is 6.48. The van der Waals surface area contributed by atoms with Crippen LogP contribution in [0, 0.1) is 18.8 Å². The van der Waals surface area contributed by atoms with Gasteiger partial charge in [-0.05, 0) is 55.9 Å². The highest BCUT2D eigenvalue weighted by Gasteiger charge is 2.35. The Morgan fingerprint density at radius 3 is 2.44 bits per heavy atom. The second kappa shape index (κ2) is 12.5. The predicted octanol–water partition coefficient (Wildman–Crippen LogP) is 4.30. The van der Waals surface area contributed by atoms with E-state index in [1.54, 1.807) is 31.2 Å². The van der Waals surface area contributed by atoms with E-state index >= 15 is 0 Å². The van der Waals surface area contributed by atoms with Crippen LogP contribution in [0.1, 0.15) is 88.4 Å². The zero-order valence-electron chi connectivity index (χ0n) is 22.1. The van der Waals surface area contributed by atoms with Crippen LogP contribution in [-0.4, -0.2) is 39.0 Å². The highest BCUT2D eigenvalue weighted by atomic mass is 16.5. The van der Waals surface area contributed by atoms with Crippen molar-refractivity contribution < 1.29 is 19.4 Å². The number of hydrogen-bond acceptors (Lipinski definition) is 6. The zero-order chi connectivity index (χ0) is 26.4. The fourth-order valence-corrected chi connectivity index (χ4v) is 4.56. The summed E-state index contributed by atoms with van der Waals surface area (Å²) in [5.74, 6) is 1.23. The van der Waals surface area contributed by atoms with Crippen LogP contribution >= 0.6 is 0 Å². The van der Waals surface area contributed by atoms with Crippen molar-refractivity contribution in [1.82, 2.24) is 9.13 Å². The van der Waals surface area contributed by atoms with E-state index in [2.05, 4.69) is 20.8 Å². The number of ether oxygens (including phenoxy) is 2. The number of benzene rings is 1. The van der Waals surface area contributed by atoms with Crippen LogP contribution in [-0.2, 0) is 4.74 Å². The van der Waals surface area contributed by atoms with Crippen LogP contribution in [0.2, 0.25) is 0 Å². The summed E-state index contributed by atoms with van der Waals surface area (Å²) in [7, 11) is 0. The molecule has 1 aliphatic rings. The Bertz CT molecular complexity index is 1130. The summed E-state index contributed by atoms with van der Waals surface area (Å²) in [5.41, 5.74) is -1.00. The molecule has 198 valence electrons. The van der Waals surface area contributed by atoms with Crippen LogP contribution in [0.15, 0.2) is 40.1 Å². The summed E-state index contributed by atoms with van der Waals surface area (Å²) in [6.45, 7) is 10.7. The third-order valence-corrected chi connectivity index (χ3v) is 6.86. The number of aliphatic hydroxyl groups is 1. The molecule has 1 aliphatic heterocycles. The molecule has 2 aromatic rings. The van der Waals surface area contributed by atoms with Gasteiger partial charge in [0.15, 0.2) is 0 Å². The number of carbonyl (C=O) groups is 1. The van der Waals surface area contributed by atoms with Gasteiger partial charge in [-0.2, -0.15) is 4.57 Å². The second-order valence-electron chi connectivity index (χ2n) is 10.4. The molecule has 4 atom stereocenters. The van der Waals surface area contributed by atoms with Crippen molar-refractivity contribution in [3.63, 3.8) is 0 Å². The lowest BCUT2D eigenvalue weighted by Crippen LogP contribution is -2.45. The normalized spacial score (nSPS) is 20.6. The number of aliphatic hydroxyl groups excluding tert-OH is 1. The van der Waals surface area contributed by atoms with Crippen molar-refractivity contribution in [2.45, 2.75) is 91.6 Å². The summed E-state index contributed by atoms with van der Waals surface area (Å²) in [4.78, 5) is 39.1. The molecule has 0 radical (unpaired) electrons. The van der Waals surface area contributed by atoms with Crippen molar-refractivity contribution in [2.24, 2.45) is 11.8 Å². The Morgan fingerprint density at radius 2 is 1.83 bits per heavy atom. The number of carbonyl (C=O) groups excluding carboxylic acids is 1. The SMILES string of the molecule is CCC1OC(n2cc(C)c(=O)n(C(=O)c3ccc(OCCC(C)CCCC(C)C)cc3)c2=O)C[C@H]1O. The highest BCUT2D eigenvalue weighted by molar-refractivity contribution is 5.95. The molecule has 3 unspecified atom stereocenters. The van der Waals surface area contributed by atoms with Gasteiger partial charge in [0.25, 0.3) is 11.5 Å². The molecular formula is C28H40N2O6. The molecule has 1 aromatic heterocycles. The smallest absolute Gasteiger partial charge is 0.340 e. The van der Waals surface area contributed by atoms with Gasteiger partial charge in [-0.3, -0.25) is 14.2 Å². The van der Waals surface area contributed by atoms with E-state index in [0.717, 1.165) is 12.3 Å². The molecular weight excluding hydrogens is 460 g/mol. The van der Waals surface area contributed by atoms with Crippen LogP contribution < -0.4 is 16.0 Å². The molecule has 8 nitrogen and oxygen atoms in total. The molecule has 0 amide bonds. The van der Waals surface area contributed by atoms with E-state index in [0.29, 0.717) is 29.3 Å². The van der Waals surface area contributed by atoms with Gasteiger partial charge in [0, 0.05) is 23.7 Å². The Morgan fingerprint density at radius 1 is 1.14 bits per heavy atom. The second-order valence-corrected chi connectivity index (χ2v) is 10.4. The average molecular weight is 501 g/mol. The molecule has 2 heterocycles. The molecule has 8 heteroatoms. The lowest BCUT2D eigenvalue weighted by molar-refractivity contribution is -0.0222. The lowest BCUT2D eigenvalue weighted by Gasteiger charge is -2.17. The first-order chi connectivity index (χ1) is 17.1. The van der Waals surface area contributed by atoms with E-state index in [1.807, 2.05) is 6.92 Å². The topological polar surface area (TPSA) is 99.8 Å². The first-order valence-corrected chi connectivity index (χ1v) is 13.1. The first-order valence-electron chi connectivity index (χ1n) is 13.1. The van der Waals surface area contributed by atoms with Gasteiger partial charge in [0.05, 0.1) is 18.8 Å². The molecule has 1 N–H and O–H groups in total. The van der Waals surface area contributed by atoms with Gasteiger partial charge in [-0.15, -0.1) is 0 Å². The van der Waals surface area contributed by atoms with E-state index < -0.39 is 35.6 Å². The summed E-state index contributed by atoms with van der Waals surface area (Å²) >= 11 is 0. The molecule has 0 saturated carbocycles. The van der Waals surface area contributed by atoms with Gasteiger partial charge < -0.3 is 14.6 Å². The number of rotatable bonds is 11. The summed E-state index contributed by atoms with van der Waals surface area (Å²) in [5, 5.41) is 10.2. The third-order valence-electron chi connectivity index (χ3n) is 6.86. The summed E-state index contributed by atoms with van der Waals surface area (Å²) in [6.07, 6.45) is 4.96. The monoisotopic (exact) mass is 500 g/mol. The molecule has 0 aliphatic carbocycles. The number of nitrogens with zero attached hydrogens (tertiary/aromatic N) is 2. The maximum atomic E-state index is 13.2. The van der Waals surface area contributed by atoms with Gasteiger partial charge >= 0.3 is 5.69 Å². The minimum atomic E-state index is -0.781. The fourth-order valence-electron chi connectivity index (χ4n) is 4.56. The van der Waals surface area contributed by atoms with Crippen molar-refractivity contribution >= 4 is 5.91 Å². The molecule has 1 aromatic carbocycles. The largest absolute Gasteiger partial charge is 0.494 e. The minimum absolute atomic E-state index is 0.208. The van der Waals surface area contributed by atoms with Crippen LogP contribution in [0.5, 0.6) is 5.75 Å². The Balaban J connectivity index is 1.68. The first kappa shape index (κ1) is 27.9. The Hall–Kier alpha value is -2.71. The minimum Gasteiger partial charge on any atom is -0.494 e. The Labute approximate surface area is 212 Å². The van der Waals surface area contributed by atoms with Crippen LogP contribution in [0.25, 0.3) is 0 Å². The van der Waals surface area contributed by atoms with Crippen molar-refractivity contribution in [3.05, 3.63) is 62.4 Å². The van der Waals surface area contributed by atoms with E-state index in [4.69, 9.17) is 9.47 Å². The summed E-state index contributed by atoms with van der Waals surface area (Å²) < 4.78 is 13.5. The van der Waals surface area contributed by atoms with Gasteiger partial charge in [0.1, 0.15) is 12.0 Å². The van der Waals surface area contributed by atoms with Crippen molar-refractivity contribution in [2.75, 3.05) is 6.61 Å². The van der Waals surface area contributed by atoms with Gasteiger partial charge in [-0.25, -0.2) is 4.79 Å². The van der Waals surface area contributed by atoms with E-state index in [-0.39, 0.29) is 17.5 Å². The number of aryl methyl sites for hydroxylation is 1. The molecule has 3 rings (SSSR count). The van der Waals surface area contributed by atoms with E-state index in [9.17, 15) is 19.5 Å². The van der Waals surface area contributed by atoms with Crippen LogP contribution in [0.3, 0.4) is 0 Å². The van der Waals surface area contributed by atoms with Gasteiger partial charge in [-0.1, -0.05) is 47.0 Å². The van der Waals surface area contributed by atoms with Gasteiger partial charge in [0.2, 0.25) is 0 Å². The fraction of sp³-hybridized carbons (Fsp3) is 0.607. The predicted molar refractivity (Wildman–Crippen MR) is 139 cm³/mol. The average Bonchev–Trinajstić information content (AvgIpc) is 3.22. The number of hydrogen-bond donors (Lipinski definition) is 1. The molecule has 1 saturated heterocycles. The van der Waals surface area contributed by atoms with Crippen molar-refractivity contribution in [3.8, 4) is 5.75 Å². The molecule has 0 spiro atoms. The number of aromatic nitrogens is 2. The molecule has 0 bridgehead atoms. The quantitative estimate of drug-likeness (QED) is 0.494. The Kier molecular flexibility index (Phi) is 9.68. The maximum Gasteiger partial charge on any atom is 0.340 e. The lowest BCUT2D eigenvalue weighted by atomic mass is 9.98. The third kappa shape index (κ3) is 6.73. The van der Waals surface area contributed by atoms with Crippen molar-refractivity contribution in [1.29, 1.82) is 0 Å². The standard InChI is InChI=1S/C28H40N2O6/c1-6-24-23(31)16-25(36-24)29-17-20(5)26(32)30(28(29)34)27(33)21-10-12-22(13-11-21)35-15-14-19(4)9-7-8-18(2)3/h10-13,17-19,23-25,31H,6-9,14-16H2,1-5H3/t19?,23-,24?,25?/m1/s1. The van der Waals surface area contributed by atoms with E-state index in [1.165, 1.54) is 30.0 Å². The maximum absolute atomic E-state index is 13.2. The van der Waals surface area contributed by atoms with Crippen LogP contribution in [0.4, 0.5) is 0 Å².